The molecule has 4 N–H and O–H groups in total. The summed E-state index contributed by atoms with van der Waals surface area (Å²) in [6, 6.07) is 15.3. The predicted octanol–water partition coefficient (Wildman–Crippen LogP) is 3.40. The van der Waals surface area contributed by atoms with Gasteiger partial charge in [0, 0.05) is 29.7 Å². The van der Waals surface area contributed by atoms with E-state index in [-0.39, 0.29) is 12.1 Å². The van der Waals surface area contributed by atoms with E-state index in [0.29, 0.717) is 11.4 Å². The highest BCUT2D eigenvalue weighted by molar-refractivity contribution is 5.91. The molecule has 3 aromatic rings. The van der Waals surface area contributed by atoms with Crippen LogP contribution in [-0.2, 0) is 6.54 Å². The molecule has 2 heterocycles. The van der Waals surface area contributed by atoms with Gasteiger partial charge in [0.25, 0.3) is 0 Å². The van der Waals surface area contributed by atoms with Gasteiger partial charge < -0.3 is 15.8 Å². The van der Waals surface area contributed by atoms with Crippen LogP contribution in [0.1, 0.15) is 27.3 Å². The number of carbonyl (C=O) groups is 1. The summed E-state index contributed by atoms with van der Waals surface area (Å²) in [6.45, 7) is 0.146. The summed E-state index contributed by atoms with van der Waals surface area (Å²) in [6.07, 6.45) is 5.60. The second-order valence-electron chi connectivity index (χ2n) is 5.30. The van der Waals surface area contributed by atoms with Crippen LogP contribution in [0.15, 0.2) is 54.7 Å². The zero-order chi connectivity index (χ0) is 16.9. The second kappa shape index (κ2) is 6.93. The highest BCUT2D eigenvalue weighted by Crippen LogP contribution is 2.23. The molecule has 0 saturated carbocycles. The van der Waals surface area contributed by atoms with E-state index in [1.807, 2.05) is 54.6 Å². The van der Waals surface area contributed by atoms with E-state index >= 15 is 0 Å². The molecule has 120 valence electrons. The number of carboxylic acid groups (broad SMARTS) is 1. The number of pyridine rings is 1. The van der Waals surface area contributed by atoms with Gasteiger partial charge in [-0.2, -0.15) is 0 Å². The monoisotopic (exact) mass is 319 g/mol. The number of aromatic nitrogens is 2. The minimum Gasteiger partial charge on any atom is -0.478 e. The van der Waals surface area contributed by atoms with Gasteiger partial charge in [-0.25, -0.2) is 4.79 Å². The van der Waals surface area contributed by atoms with Crippen LogP contribution in [0.2, 0.25) is 0 Å². The summed E-state index contributed by atoms with van der Waals surface area (Å²) in [4.78, 5) is 18.6. The molecule has 0 atom stereocenters. The first-order chi connectivity index (χ1) is 11.7. The molecule has 0 saturated heterocycles. The molecule has 0 unspecified atom stereocenters. The standard InChI is InChI=1S/C19H17N3O2/c20-12-18-16(19(23)24)11-17(22-18)14-8-9-21-15(10-14)7-6-13-4-2-1-3-5-13/h1-11,22H,12,20H2,(H,23,24)/b7-6+. The van der Waals surface area contributed by atoms with Gasteiger partial charge in [0.1, 0.15) is 0 Å². The van der Waals surface area contributed by atoms with Gasteiger partial charge in [-0.1, -0.05) is 36.4 Å². The lowest BCUT2D eigenvalue weighted by molar-refractivity contribution is 0.0696. The predicted molar refractivity (Wildman–Crippen MR) is 94.2 cm³/mol. The molecule has 3 rings (SSSR count). The molecule has 0 radical (unpaired) electrons. The van der Waals surface area contributed by atoms with Crippen LogP contribution >= 0.6 is 0 Å². The zero-order valence-corrected chi connectivity index (χ0v) is 12.9. The maximum Gasteiger partial charge on any atom is 0.337 e. The lowest BCUT2D eigenvalue weighted by Gasteiger charge is -2.00. The highest BCUT2D eigenvalue weighted by Gasteiger charge is 2.14. The smallest absolute Gasteiger partial charge is 0.337 e. The lowest BCUT2D eigenvalue weighted by atomic mass is 10.1. The van der Waals surface area contributed by atoms with Crippen LogP contribution in [0.25, 0.3) is 23.4 Å². The number of hydrogen-bond acceptors (Lipinski definition) is 3. The maximum atomic E-state index is 11.3. The van der Waals surface area contributed by atoms with Gasteiger partial charge in [-0.05, 0) is 29.8 Å². The number of H-pyrrole nitrogens is 1. The van der Waals surface area contributed by atoms with Crippen molar-refractivity contribution in [3.8, 4) is 11.3 Å². The average Bonchev–Trinajstić information content (AvgIpc) is 3.06. The largest absolute Gasteiger partial charge is 0.478 e. The minimum atomic E-state index is -0.990. The Hall–Kier alpha value is -3.18. The molecule has 0 aliphatic carbocycles. The highest BCUT2D eigenvalue weighted by atomic mass is 16.4. The Morgan fingerprint density at radius 3 is 2.62 bits per heavy atom. The van der Waals surface area contributed by atoms with Crippen molar-refractivity contribution in [2.45, 2.75) is 6.54 Å². The Morgan fingerprint density at radius 2 is 1.96 bits per heavy atom. The first kappa shape index (κ1) is 15.7. The molecule has 1 aromatic carbocycles. The van der Waals surface area contributed by atoms with Crippen LogP contribution in [-0.4, -0.2) is 21.0 Å². The summed E-state index contributed by atoms with van der Waals surface area (Å²) >= 11 is 0. The molecular weight excluding hydrogens is 302 g/mol. The van der Waals surface area contributed by atoms with E-state index < -0.39 is 5.97 Å². The van der Waals surface area contributed by atoms with Gasteiger partial charge in [0.15, 0.2) is 0 Å². The summed E-state index contributed by atoms with van der Waals surface area (Å²) in [5, 5.41) is 9.22. The van der Waals surface area contributed by atoms with Crippen molar-refractivity contribution in [3.05, 3.63) is 77.2 Å². The molecule has 2 aromatic heterocycles. The van der Waals surface area contributed by atoms with Crippen molar-refractivity contribution < 1.29 is 9.90 Å². The molecule has 24 heavy (non-hydrogen) atoms. The molecule has 0 aliphatic heterocycles. The summed E-state index contributed by atoms with van der Waals surface area (Å²) in [5.41, 5.74) is 9.76. The quantitative estimate of drug-likeness (QED) is 0.672. The third-order valence-electron chi connectivity index (χ3n) is 3.67. The molecular formula is C19H17N3O2. The number of nitrogens with one attached hydrogen (secondary N) is 1. The SMILES string of the molecule is NCc1[nH]c(-c2ccnc(/C=C/c3ccccc3)c2)cc1C(=O)O. The Morgan fingerprint density at radius 1 is 1.17 bits per heavy atom. The fourth-order valence-corrected chi connectivity index (χ4v) is 2.46. The number of carboxylic acids is 1. The van der Waals surface area contributed by atoms with E-state index in [1.165, 1.54) is 0 Å². The maximum absolute atomic E-state index is 11.3. The van der Waals surface area contributed by atoms with Crippen LogP contribution in [0.4, 0.5) is 0 Å². The molecule has 5 heteroatoms. The number of nitrogens with zero attached hydrogens (tertiary/aromatic N) is 1. The number of aromatic amines is 1. The summed E-state index contributed by atoms with van der Waals surface area (Å²) in [5.74, 6) is -0.990. The molecule has 0 spiro atoms. The molecule has 0 bridgehead atoms. The third kappa shape index (κ3) is 3.42. The van der Waals surface area contributed by atoms with Crippen molar-refractivity contribution in [1.29, 1.82) is 0 Å². The van der Waals surface area contributed by atoms with E-state index in [0.717, 1.165) is 16.8 Å². The first-order valence-electron chi connectivity index (χ1n) is 7.52. The third-order valence-corrected chi connectivity index (χ3v) is 3.67. The molecule has 0 amide bonds. The van der Waals surface area contributed by atoms with Crippen molar-refractivity contribution in [2.75, 3.05) is 0 Å². The molecule has 5 nitrogen and oxygen atoms in total. The van der Waals surface area contributed by atoms with E-state index in [4.69, 9.17) is 5.73 Å². The Labute approximate surface area is 139 Å². The van der Waals surface area contributed by atoms with E-state index in [2.05, 4.69) is 9.97 Å². The number of aromatic carboxylic acids is 1. The Bertz CT molecular complexity index is 883. The van der Waals surface area contributed by atoms with Gasteiger partial charge >= 0.3 is 5.97 Å². The summed E-state index contributed by atoms with van der Waals surface area (Å²) in [7, 11) is 0. The Kier molecular flexibility index (Phi) is 4.54. The van der Waals surface area contributed by atoms with Gasteiger partial charge in [-0.3, -0.25) is 4.98 Å². The number of nitrogens with two attached hydrogens (primary N) is 1. The number of benzene rings is 1. The molecule has 0 aliphatic rings. The van der Waals surface area contributed by atoms with Crippen LogP contribution < -0.4 is 5.73 Å². The van der Waals surface area contributed by atoms with Crippen molar-refractivity contribution in [3.63, 3.8) is 0 Å². The van der Waals surface area contributed by atoms with Crippen LogP contribution in [0, 0.1) is 0 Å². The van der Waals surface area contributed by atoms with Crippen molar-refractivity contribution in [1.82, 2.24) is 9.97 Å². The minimum absolute atomic E-state index is 0.146. The fraction of sp³-hybridized carbons (Fsp3) is 0.0526. The van der Waals surface area contributed by atoms with Gasteiger partial charge in [0.2, 0.25) is 0 Å². The van der Waals surface area contributed by atoms with Crippen molar-refractivity contribution >= 4 is 18.1 Å². The van der Waals surface area contributed by atoms with Crippen LogP contribution in [0.5, 0.6) is 0 Å². The Balaban J connectivity index is 1.91. The fourth-order valence-electron chi connectivity index (χ4n) is 2.46. The van der Waals surface area contributed by atoms with Crippen molar-refractivity contribution in [2.24, 2.45) is 5.73 Å². The number of hydrogen-bond donors (Lipinski definition) is 3. The van der Waals surface area contributed by atoms with Crippen LogP contribution in [0.3, 0.4) is 0 Å². The summed E-state index contributed by atoms with van der Waals surface area (Å²) < 4.78 is 0. The average molecular weight is 319 g/mol. The van der Waals surface area contributed by atoms with E-state index in [9.17, 15) is 9.90 Å². The first-order valence-corrected chi connectivity index (χ1v) is 7.52. The van der Waals surface area contributed by atoms with E-state index in [1.54, 1.807) is 12.3 Å². The lowest BCUT2D eigenvalue weighted by Crippen LogP contribution is -2.04. The second-order valence-corrected chi connectivity index (χ2v) is 5.30. The van der Waals surface area contributed by atoms with Gasteiger partial charge in [0.05, 0.1) is 11.3 Å². The molecule has 0 fully saturated rings. The zero-order valence-electron chi connectivity index (χ0n) is 12.9. The topological polar surface area (TPSA) is 92.0 Å². The van der Waals surface area contributed by atoms with Gasteiger partial charge in [-0.15, -0.1) is 0 Å². The normalized spacial score (nSPS) is 11.0. The number of rotatable bonds is 5.